The van der Waals surface area contributed by atoms with Crippen LogP contribution in [0.4, 0.5) is 4.79 Å². The van der Waals surface area contributed by atoms with E-state index in [9.17, 15) is 9.59 Å². The van der Waals surface area contributed by atoms with Crippen LogP contribution in [0.1, 0.15) is 300 Å². The Morgan fingerprint density at radius 3 is 1.13 bits per heavy atom. The number of fused-ring (bicyclic) bond motifs is 3. The molecule has 0 aromatic heterocycles. The van der Waals surface area contributed by atoms with Crippen LogP contribution in [0.15, 0.2) is 91.0 Å². The SMILES string of the molecule is CCCCCCCCCCCCCCCCCCCCCCOc1ccc2c(c1)C(OC(=O)[C@H](C)NC(=O)OCc1ccccc1)(c1ccc(Cl)cc1)c1cc(OCCCCCCCCCCCCCCCCCCCCCC)ccc1-2. The molecule has 0 heterocycles. The highest BCUT2D eigenvalue weighted by atomic mass is 35.5. The Bertz CT molecular complexity index is 2170. The summed E-state index contributed by atoms with van der Waals surface area (Å²) in [6.07, 6.45) is 53.1. The zero-order valence-electron chi connectivity index (χ0n) is 52.0. The molecule has 0 spiro atoms. The number of unbranched alkanes of at least 4 members (excludes halogenated alkanes) is 38. The number of nitrogens with one attached hydrogen (secondary N) is 1. The molecule has 5 rings (SSSR count). The summed E-state index contributed by atoms with van der Waals surface area (Å²) in [6.45, 7) is 7.49. The number of ether oxygens (including phenoxy) is 4. The molecule has 8 heteroatoms. The normalized spacial score (nSPS) is 12.7. The van der Waals surface area contributed by atoms with Gasteiger partial charge >= 0.3 is 12.1 Å². The fourth-order valence-corrected chi connectivity index (χ4v) is 12.0. The molecule has 0 saturated carbocycles. The minimum Gasteiger partial charge on any atom is -0.494 e. The fourth-order valence-electron chi connectivity index (χ4n) is 11.9. The number of esters is 1. The van der Waals surface area contributed by atoms with E-state index in [-0.39, 0.29) is 6.61 Å². The molecule has 0 bridgehead atoms. The van der Waals surface area contributed by atoms with Crippen molar-refractivity contribution in [2.24, 2.45) is 0 Å². The Kier molecular flexibility index (Phi) is 36.0. The van der Waals surface area contributed by atoms with E-state index in [1.54, 1.807) is 6.92 Å². The van der Waals surface area contributed by atoms with Crippen LogP contribution in [-0.2, 0) is 26.5 Å². The molecule has 4 aromatic rings. The van der Waals surface area contributed by atoms with Crippen LogP contribution in [-0.4, -0.2) is 31.3 Å². The number of rotatable bonds is 50. The zero-order valence-corrected chi connectivity index (χ0v) is 52.7. The lowest BCUT2D eigenvalue weighted by molar-refractivity contribution is -0.155. The molecular weight excluding hydrogens is 1030 g/mol. The summed E-state index contributed by atoms with van der Waals surface area (Å²) < 4.78 is 25.4. The first-order valence-corrected chi connectivity index (χ1v) is 34.2. The van der Waals surface area contributed by atoms with Gasteiger partial charge in [0.25, 0.3) is 0 Å². The van der Waals surface area contributed by atoms with E-state index >= 15 is 0 Å². The van der Waals surface area contributed by atoms with Gasteiger partial charge in [0.05, 0.1) is 13.2 Å². The maximum atomic E-state index is 14.5. The third-order valence-corrected chi connectivity index (χ3v) is 17.2. The lowest BCUT2D eigenvalue weighted by Crippen LogP contribution is -2.44. The van der Waals surface area contributed by atoms with Crippen molar-refractivity contribution in [2.75, 3.05) is 13.2 Å². The topological polar surface area (TPSA) is 83.1 Å². The molecule has 1 N–H and O–H groups in total. The molecule has 0 saturated heterocycles. The molecule has 456 valence electrons. The van der Waals surface area contributed by atoms with E-state index in [0.29, 0.717) is 29.7 Å². The lowest BCUT2D eigenvalue weighted by atomic mass is 9.83. The van der Waals surface area contributed by atoms with Gasteiger partial charge in [0.1, 0.15) is 24.1 Å². The summed E-state index contributed by atoms with van der Waals surface area (Å²) in [6, 6.07) is 28.2. The summed E-state index contributed by atoms with van der Waals surface area (Å²) in [7, 11) is 0. The fraction of sp³-hybridized carbons (Fsp3) is 0.649. The standard InChI is InChI=1S/C74H112ClNO6/c1-4-6-8-10-12-14-16-18-20-22-24-26-28-30-32-34-36-38-40-45-57-79-66-53-55-68-69-56-54-67(80-58-46-41-39-37-35-33-31-29-27-25-23-21-19-17-15-13-11-9-7-5-2)60-71(69)74(70(68)59-66,64-49-51-65(75)52-50-64)82-72(77)62(3)76-73(78)81-61-63-47-43-42-44-48-63/h42-44,47-56,59-60,62H,4-41,45-46,57-58,61H2,1-3H3,(H,76,78)/t62-/m0/s1. The molecule has 0 unspecified atom stereocenters. The number of carbonyl (C=O) groups excluding carboxylic acids is 2. The van der Waals surface area contributed by atoms with Gasteiger partial charge in [-0.2, -0.15) is 0 Å². The Hall–Kier alpha value is -4.49. The van der Waals surface area contributed by atoms with Crippen molar-refractivity contribution in [3.05, 3.63) is 118 Å². The van der Waals surface area contributed by atoms with Gasteiger partial charge in [-0.3, -0.25) is 0 Å². The highest BCUT2D eigenvalue weighted by Gasteiger charge is 2.49. The Morgan fingerprint density at radius 1 is 0.439 bits per heavy atom. The van der Waals surface area contributed by atoms with Crippen molar-refractivity contribution in [3.63, 3.8) is 0 Å². The van der Waals surface area contributed by atoms with E-state index in [2.05, 4.69) is 31.3 Å². The smallest absolute Gasteiger partial charge is 0.408 e. The average molecular weight is 1150 g/mol. The van der Waals surface area contributed by atoms with E-state index in [4.69, 9.17) is 30.5 Å². The van der Waals surface area contributed by atoms with Crippen LogP contribution in [0.3, 0.4) is 0 Å². The molecule has 4 aromatic carbocycles. The van der Waals surface area contributed by atoms with E-state index in [0.717, 1.165) is 59.1 Å². The molecule has 1 atom stereocenters. The van der Waals surface area contributed by atoms with E-state index < -0.39 is 23.7 Å². The molecule has 82 heavy (non-hydrogen) atoms. The largest absolute Gasteiger partial charge is 0.494 e. The molecule has 7 nitrogen and oxygen atoms in total. The summed E-state index contributed by atoms with van der Waals surface area (Å²) in [5.41, 5.74) is 3.60. The van der Waals surface area contributed by atoms with Crippen LogP contribution in [0.5, 0.6) is 11.5 Å². The van der Waals surface area contributed by atoms with Gasteiger partial charge in [-0.05, 0) is 72.9 Å². The predicted octanol–water partition coefficient (Wildman–Crippen LogP) is 22.9. The molecule has 0 fully saturated rings. The van der Waals surface area contributed by atoms with Gasteiger partial charge < -0.3 is 24.3 Å². The number of alkyl carbamates (subject to hydrolysis) is 1. The predicted molar refractivity (Wildman–Crippen MR) is 346 cm³/mol. The minimum absolute atomic E-state index is 0.0780. The zero-order chi connectivity index (χ0) is 58.0. The number of amides is 1. The number of carbonyl (C=O) groups is 2. The van der Waals surface area contributed by atoms with Gasteiger partial charge in [-0.1, -0.05) is 324 Å². The minimum atomic E-state index is -1.41. The Labute approximate surface area is 504 Å². The van der Waals surface area contributed by atoms with Crippen LogP contribution in [0.25, 0.3) is 11.1 Å². The first-order chi connectivity index (χ1) is 40.3. The maximum Gasteiger partial charge on any atom is 0.408 e. The molecule has 1 amide bonds. The van der Waals surface area contributed by atoms with Crippen molar-refractivity contribution in [1.29, 1.82) is 0 Å². The number of halogens is 1. The summed E-state index contributed by atoms with van der Waals surface area (Å²) in [5.74, 6) is 0.813. The van der Waals surface area contributed by atoms with Crippen molar-refractivity contribution in [2.45, 2.75) is 296 Å². The van der Waals surface area contributed by atoms with Crippen molar-refractivity contribution >= 4 is 23.7 Å². The van der Waals surface area contributed by atoms with Crippen LogP contribution in [0.2, 0.25) is 5.02 Å². The first kappa shape index (κ1) is 68.3. The van der Waals surface area contributed by atoms with Gasteiger partial charge in [0.15, 0.2) is 5.60 Å². The monoisotopic (exact) mass is 1150 g/mol. The second-order valence-electron chi connectivity index (χ2n) is 24.1. The highest BCUT2D eigenvalue weighted by Crippen LogP contribution is 2.55. The van der Waals surface area contributed by atoms with Gasteiger partial charge in [-0.25, -0.2) is 9.59 Å². The molecule has 0 radical (unpaired) electrons. The summed E-state index contributed by atoms with van der Waals surface area (Å²) >= 11 is 6.54. The molecule has 0 aliphatic heterocycles. The van der Waals surface area contributed by atoms with Crippen molar-refractivity contribution in [3.8, 4) is 22.6 Å². The molecular formula is C74H112ClNO6. The highest BCUT2D eigenvalue weighted by molar-refractivity contribution is 6.30. The van der Waals surface area contributed by atoms with E-state index in [1.807, 2.05) is 78.9 Å². The van der Waals surface area contributed by atoms with Crippen molar-refractivity contribution < 1.29 is 28.5 Å². The van der Waals surface area contributed by atoms with E-state index in [1.165, 1.54) is 231 Å². The molecule has 1 aliphatic carbocycles. The first-order valence-electron chi connectivity index (χ1n) is 33.9. The second-order valence-corrected chi connectivity index (χ2v) is 24.5. The second kappa shape index (κ2) is 43.2. The third kappa shape index (κ3) is 26.6. The Morgan fingerprint density at radius 2 is 0.780 bits per heavy atom. The van der Waals surface area contributed by atoms with Crippen LogP contribution >= 0.6 is 11.6 Å². The van der Waals surface area contributed by atoms with Gasteiger partial charge in [-0.15, -0.1) is 0 Å². The molecule has 1 aliphatic rings. The average Bonchev–Trinajstić information content (AvgIpc) is 1.98. The lowest BCUT2D eigenvalue weighted by Gasteiger charge is -2.34. The van der Waals surface area contributed by atoms with Gasteiger partial charge in [0, 0.05) is 21.7 Å². The third-order valence-electron chi connectivity index (χ3n) is 17.0. The van der Waals surface area contributed by atoms with Crippen molar-refractivity contribution in [1.82, 2.24) is 5.32 Å². The van der Waals surface area contributed by atoms with Crippen LogP contribution < -0.4 is 14.8 Å². The number of benzene rings is 4. The summed E-state index contributed by atoms with van der Waals surface area (Å²) in [4.78, 5) is 27.6. The number of hydrogen-bond acceptors (Lipinski definition) is 6. The number of hydrogen-bond donors (Lipinski definition) is 1. The maximum absolute atomic E-state index is 14.5. The quantitative estimate of drug-likeness (QED) is 0.0350. The Balaban J connectivity index is 1.10. The van der Waals surface area contributed by atoms with Crippen LogP contribution in [0, 0.1) is 0 Å². The summed E-state index contributed by atoms with van der Waals surface area (Å²) in [5, 5.41) is 3.29. The van der Waals surface area contributed by atoms with Gasteiger partial charge in [0.2, 0.25) is 0 Å².